The van der Waals surface area contributed by atoms with Crippen molar-refractivity contribution in [3.05, 3.63) is 0 Å². The first kappa shape index (κ1) is 16.5. The summed E-state index contributed by atoms with van der Waals surface area (Å²) in [6.07, 6.45) is 3.90. The Balaban J connectivity index is 1.25. The van der Waals surface area contributed by atoms with Gasteiger partial charge >= 0.3 is 0 Å². The standard InChI is InChI=1S/C14H32N8/c1-2-12(3-1)21-22(19-6-4-17-13-8-15-9-13)20-7-5-18-14-10-16-11-14/h12-21H,1-11H2. The van der Waals surface area contributed by atoms with Crippen molar-refractivity contribution in [1.29, 1.82) is 0 Å². The van der Waals surface area contributed by atoms with E-state index in [0.29, 0.717) is 18.1 Å². The van der Waals surface area contributed by atoms with Crippen LogP contribution >= 0.6 is 0 Å². The molecular weight excluding hydrogens is 280 g/mol. The van der Waals surface area contributed by atoms with Crippen LogP contribution in [0.25, 0.3) is 0 Å². The molecule has 7 N–H and O–H groups in total. The van der Waals surface area contributed by atoms with Crippen molar-refractivity contribution in [2.75, 3.05) is 52.4 Å². The van der Waals surface area contributed by atoms with Crippen LogP contribution in [0.1, 0.15) is 19.3 Å². The van der Waals surface area contributed by atoms with Crippen molar-refractivity contribution < 1.29 is 0 Å². The van der Waals surface area contributed by atoms with E-state index in [-0.39, 0.29) is 0 Å². The summed E-state index contributed by atoms with van der Waals surface area (Å²) in [6.45, 7) is 8.22. The van der Waals surface area contributed by atoms with Crippen molar-refractivity contribution in [2.45, 2.75) is 37.4 Å². The third-order valence-corrected chi connectivity index (χ3v) is 4.64. The maximum atomic E-state index is 3.53. The van der Waals surface area contributed by atoms with Gasteiger partial charge in [0.05, 0.1) is 0 Å². The molecule has 2 saturated heterocycles. The summed E-state index contributed by atoms with van der Waals surface area (Å²) in [4.78, 5) is 0. The van der Waals surface area contributed by atoms with Crippen LogP contribution in [0, 0.1) is 0 Å². The van der Waals surface area contributed by atoms with Gasteiger partial charge in [-0.1, -0.05) is 6.42 Å². The van der Waals surface area contributed by atoms with E-state index in [1.807, 2.05) is 5.23 Å². The van der Waals surface area contributed by atoms with Crippen molar-refractivity contribution >= 4 is 0 Å². The smallest absolute Gasteiger partial charge is 0.0318 e. The normalized spacial score (nSPS) is 23.3. The third-order valence-electron chi connectivity index (χ3n) is 4.64. The number of nitrogens with zero attached hydrogens (tertiary/aromatic N) is 1. The summed E-state index contributed by atoms with van der Waals surface area (Å²) in [7, 11) is 0. The number of hydrazine groups is 3. The van der Waals surface area contributed by atoms with E-state index >= 15 is 0 Å². The molecule has 2 heterocycles. The quantitative estimate of drug-likeness (QED) is 0.157. The van der Waals surface area contributed by atoms with Crippen LogP contribution in [0.15, 0.2) is 0 Å². The van der Waals surface area contributed by atoms with Gasteiger partial charge < -0.3 is 21.3 Å². The highest BCUT2D eigenvalue weighted by Gasteiger charge is 2.20. The Morgan fingerprint density at radius 3 is 1.64 bits per heavy atom. The van der Waals surface area contributed by atoms with Crippen LogP contribution < -0.4 is 37.5 Å². The van der Waals surface area contributed by atoms with Crippen molar-refractivity contribution in [1.82, 2.24) is 42.8 Å². The van der Waals surface area contributed by atoms with Crippen LogP contribution in [0.5, 0.6) is 0 Å². The summed E-state index contributed by atoms with van der Waals surface area (Å²) < 4.78 is 0. The molecule has 0 unspecified atom stereocenters. The fraction of sp³-hybridized carbons (Fsp3) is 1.00. The fourth-order valence-corrected chi connectivity index (χ4v) is 2.62. The predicted octanol–water partition coefficient (Wildman–Crippen LogP) is -2.52. The summed E-state index contributed by atoms with van der Waals surface area (Å²) in [5.41, 5.74) is 10.4. The Morgan fingerprint density at radius 2 is 1.27 bits per heavy atom. The fourth-order valence-electron chi connectivity index (χ4n) is 2.62. The first-order valence-electron chi connectivity index (χ1n) is 8.81. The van der Waals surface area contributed by atoms with Crippen LogP contribution in [0.3, 0.4) is 0 Å². The Bertz CT molecular complexity index is 281. The van der Waals surface area contributed by atoms with Crippen molar-refractivity contribution in [3.8, 4) is 0 Å². The lowest BCUT2D eigenvalue weighted by Gasteiger charge is -2.35. The number of hydrogen-bond acceptors (Lipinski definition) is 8. The molecule has 0 aromatic carbocycles. The minimum atomic E-state index is 0.618. The van der Waals surface area contributed by atoms with Crippen LogP contribution in [-0.4, -0.2) is 75.7 Å². The monoisotopic (exact) mass is 312 g/mol. The maximum Gasteiger partial charge on any atom is 0.0318 e. The van der Waals surface area contributed by atoms with Crippen molar-refractivity contribution in [2.24, 2.45) is 0 Å². The molecule has 0 amide bonds. The van der Waals surface area contributed by atoms with Crippen LogP contribution in [0.4, 0.5) is 0 Å². The summed E-state index contributed by atoms with van der Waals surface area (Å²) >= 11 is 0. The maximum absolute atomic E-state index is 3.53. The second-order valence-corrected chi connectivity index (χ2v) is 6.53. The molecule has 1 aliphatic carbocycles. The molecule has 0 bridgehead atoms. The Morgan fingerprint density at radius 1 is 0.727 bits per heavy atom. The molecule has 0 radical (unpaired) electrons. The average Bonchev–Trinajstić information content (AvgIpc) is 2.37. The number of nitrogens with one attached hydrogen (secondary N) is 7. The molecule has 0 atom stereocenters. The molecule has 3 fully saturated rings. The van der Waals surface area contributed by atoms with Gasteiger partial charge in [0.2, 0.25) is 0 Å². The summed E-state index contributed by atoms with van der Waals surface area (Å²) in [5, 5.41) is 15.6. The first-order valence-corrected chi connectivity index (χ1v) is 8.81. The van der Waals surface area contributed by atoms with E-state index in [9.17, 15) is 0 Å². The van der Waals surface area contributed by atoms with Gasteiger partial charge in [-0.25, -0.2) is 16.3 Å². The molecule has 2 aliphatic heterocycles. The van der Waals surface area contributed by atoms with Gasteiger partial charge in [0.1, 0.15) is 0 Å². The van der Waals surface area contributed by atoms with Gasteiger partial charge in [-0.3, -0.25) is 0 Å². The molecule has 0 aromatic rings. The molecule has 22 heavy (non-hydrogen) atoms. The molecule has 3 rings (SSSR count). The number of rotatable bonds is 12. The zero-order valence-electron chi connectivity index (χ0n) is 13.5. The zero-order chi connectivity index (χ0) is 15.0. The zero-order valence-corrected chi connectivity index (χ0v) is 13.5. The van der Waals surface area contributed by atoms with E-state index in [4.69, 9.17) is 0 Å². The lowest BCUT2D eigenvalue weighted by molar-refractivity contribution is 0.0136. The Hall–Kier alpha value is -0.320. The topological polar surface area (TPSA) is 87.5 Å². The van der Waals surface area contributed by atoms with Gasteiger partial charge in [0, 0.05) is 70.5 Å². The molecule has 8 nitrogen and oxygen atoms in total. The molecule has 3 aliphatic rings. The average molecular weight is 312 g/mol. The van der Waals surface area contributed by atoms with E-state index in [1.165, 1.54) is 19.3 Å². The minimum absolute atomic E-state index is 0.618. The Kier molecular flexibility index (Phi) is 6.83. The molecule has 0 spiro atoms. The molecule has 8 heteroatoms. The first-order chi connectivity index (χ1) is 10.9. The largest absolute Gasteiger partial charge is 0.314 e. The highest BCUT2D eigenvalue weighted by molar-refractivity contribution is 4.82. The van der Waals surface area contributed by atoms with Crippen LogP contribution in [0.2, 0.25) is 0 Å². The van der Waals surface area contributed by atoms with Gasteiger partial charge in [-0.2, -0.15) is 0 Å². The molecule has 128 valence electrons. The second kappa shape index (κ2) is 9.09. The lowest BCUT2D eigenvalue weighted by atomic mass is 9.94. The SMILES string of the molecule is C1CC(NN(NCCNC2CNC2)NCCNC2CNC2)C1. The summed E-state index contributed by atoms with van der Waals surface area (Å²) in [5.74, 6) is 0. The van der Waals surface area contributed by atoms with Gasteiger partial charge in [0.15, 0.2) is 0 Å². The molecule has 0 aromatic heterocycles. The van der Waals surface area contributed by atoms with E-state index in [0.717, 1.165) is 52.4 Å². The van der Waals surface area contributed by atoms with Crippen molar-refractivity contribution in [3.63, 3.8) is 0 Å². The third kappa shape index (κ3) is 5.39. The van der Waals surface area contributed by atoms with E-state index in [2.05, 4.69) is 37.5 Å². The minimum Gasteiger partial charge on any atom is -0.314 e. The van der Waals surface area contributed by atoms with E-state index < -0.39 is 0 Å². The Labute approximate surface area is 133 Å². The predicted molar refractivity (Wildman–Crippen MR) is 87.9 cm³/mol. The van der Waals surface area contributed by atoms with E-state index in [1.54, 1.807) is 0 Å². The van der Waals surface area contributed by atoms with Gasteiger partial charge in [-0.05, 0) is 12.8 Å². The van der Waals surface area contributed by atoms with Crippen LogP contribution in [-0.2, 0) is 0 Å². The van der Waals surface area contributed by atoms with Gasteiger partial charge in [-0.15, -0.1) is 5.23 Å². The highest BCUT2D eigenvalue weighted by Crippen LogP contribution is 2.17. The molecular formula is C14H32N8. The lowest BCUT2D eigenvalue weighted by Crippen LogP contribution is -2.63. The summed E-state index contributed by atoms with van der Waals surface area (Å²) in [6, 6.07) is 1.93. The molecule has 1 saturated carbocycles. The second-order valence-electron chi connectivity index (χ2n) is 6.53. The highest BCUT2D eigenvalue weighted by atomic mass is 15.9. The number of hydrogen-bond donors (Lipinski definition) is 7. The van der Waals surface area contributed by atoms with Gasteiger partial charge in [0.25, 0.3) is 0 Å².